The molecule has 0 saturated carbocycles. The number of furan rings is 1. The first-order valence-corrected chi connectivity index (χ1v) is 10.3. The molecule has 0 aliphatic heterocycles. The molecule has 11 heteroatoms. The molecule has 0 bridgehead atoms. The maximum Gasteiger partial charge on any atom is 0.291 e. The van der Waals surface area contributed by atoms with Crippen molar-refractivity contribution in [1.82, 2.24) is 4.72 Å². The number of carbonyl (C=O) groups is 2. The van der Waals surface area contributed by atoms with Crippen LogP contribution in [-0.4, -0.2) is 34.4 Å². The Balaban J connectivity index is 1.80. The Kier molecular flexibility index (Phi) is 6.37. The lowest BCUT2D eigenvalue weighted by molar-refractivity contribution is 0.0990. The van der Waals surface area contributed by atoms with Gasteiger partial charge < -0.3 is 19.8 Å². The SMILES string of the molecule is CNS(=O)(=O)c1ccc(C(=O)Nc2ccc(OC)c(NC(=O)c3cccc(F)c3)c2)o1. The zero-order valence-electron chi connectivity index (χ0n) is 16.4. The number of benzene rings is 2. The number of rotatable bonds is 7. The molecule has 31 heavy (non-hydrogen) atoms. The van der Waals surface area contributed by atoms with E-state index in [-0.39, 0.29) is 22.7 Å². The largest absolute Gasteiger partial charge is 0.495 e. The van der Waals surface area contributed by atoms with Gasteiger partial charge in [0.1, 0.15) is 11.6 Å². The highest BCUT2D eigenvalue weighted by Crippen LogP contribution is 2.29. The van der Waals surface area contributed by atoms with Crippen LogP contribution in [0, 0.1) is 5.82 Å². The van der Waals surface area contributed by atoms with E-state index in [2.05, 4.69) is 15.4 Å². The molecule has 0 radical (unpaired) electrons. The monoisotopic (exact) mass is 447 g/mol. The predicted molar refractivity (Wildman–Crippen MR) is 110 cm³/mol. The van der Waals surface area contributed by atoms with Gasteiger partial charge >= 0.3 is 0 Å². The van der Waals surface area contributed by atoms with E-state index in [1.807, 2.05) is 0 Å². The molecule has 3 rings (SSSR count). The second kappa shape index (κ2) is 8.98. The molecule has 0 spiro atoms. The summed E-state index contributed by atoms with van der Waals surface area (Å²) in [7, 11) is -1.21. The fourth-order valence-corrected chi connectivity index (χ4v) is 3.24. The molecule has 0 atom stereocenters. The van der Waals surface area contributed by atoms with Crippen LogP contribution in [0.15, 0.2) is 64.1 Å². The van der Waals surface area contributed by atoms with Crippen LogP contribution in [0.2, 0.25) is 0 Å². The van der Waals surface area contributed by atoms with Crippen molar-refractivity contribution in [3.8, 4) is 5.75 Å². The molecule has 3 aromatic rings. The molecular weight excluding hydrogens is 429 g/mol. The lowest BCUT2D eigenvalue weighted by atomic mass is 10.2. The van der Waals surface area contributed by atoms with Gasteiger partial charge in [0.05, 0.1) is 12.8 Å². The lowest BCUT2D eigenvalue weighted by Gasteiger charge is -2.12. The summed E-state index contributed by atoms with van der Waals surface area (Å²) in [5.41, 5.74) is 0.604. The number of sulfonamides is 1. The maximum atomic E-state index is 13.4. The normalized spacial score (nSPS) is 11.1. The minimum Gasteiger partial charge on any atom is -0.495 e. The number of amides is 2. The molecule has 2 amide bonds. The molecule has 1 aromatic heterocycles. The van der Waals surface area contributed by atoms with Gasteiger partial charge in [0.2, 0.25) is 5.09 Å². The van der Waals surface area contributed by atoms with Crippen LogP contribution in [0.25, 0.3) is 0 Å². The summed E-state index contributed by atoms with van der Waals surface area (Å²) >= 11 is 0. The Hall–Kier alpha value is -3.70. The van der Waals surface area contributed by atoms with Gasteiger partial charge in [0.25, 0.3) is 21.8 Å². The second-order valence-corrected chi connectivity index (χ2v) is 7.98. The van der Waals surface area contributed by atoms with E-state index in [9.17, 15) is 22.4 Å². The van der Waals surface area contributed by atoms with Gasteiger partial charge in [-0.3, -0.25) is 9.59 Å². The number of anilines is 2. The van der Waals surface area contributed by atoms with E-state index >= 15 is 0 Å². The Morgan fingerprint density at radius 1 is 1.00 bits per heavy atom. The molecule has 0 aliphatic rings. The van der Waals surface area contributed by atoms with Gasteiger partial charge in [0.15, 0.2) is 5.76 Å². The number of halogens is 1. The standard InChI is InChI=1S/C20H18FN3O6S/c1-22-31(27,28)18-9-8-17(30-18)20(26)23-14-6-7-16(29-2)15(11-14)24-19(25)12-4-3-5-13(21)10-12/h3-11,22H,1-2H3,(H,23,26)(H,24,25). The van der Waals surface area contributed by atoms with Gasteiger partial charge in [-0.15, -0.1) is 0 Å². The average Bonchev–Trinajstić information content (AvgIpc) is 3.25. The third-order valence-electron chi connectivity index (χ3n) is 4.13. The van der Waals surface area contributed by atoms with E-state index in [1.54, 1.807) is 0 Å². The zero-order chi connectivity index (χ0) is 22.6. The Labute approximate surface area is 177 Å². The van der Waals surface area contributed by atoms with E-state index in [1.165, 1.54) is 56.6 Å². The van der Waals surface area contributed by atoms with Gasteiger partial charge in [-0.05, 0) is 55.6 Å². The Bertz CT molecular complexity index is 1240. The number of ether oxygens (including phenoxy) is 1. The fourth-order valence-electron chi connectivity index (χ4n) is 2.59. The van der Waals surface area contributed by atoms with Crippen LogP contribution < -0.4 is 20.1 Å². The van der Waals surface area contributed by atoms with Gasteiger partial charge in [-0.2, -0.15) is 0 Å². The molecule has 2 aromatic carbocycles. The van der Waals surface area contributed by atoms with Crippen LogP contribution in [0.3, 0.4) is 0 Å². The number of methoxy groups -OCH3 is 1. The molecule has 0 saturated heterocycles. The van der Waals surface area contributed by atoms with Crippen LogP contribution in [-0.2, 0) is 10.0 Å². The van der Waals surface area contributed by atoms with Crippen molar-refractivity contribution in [3.63, 3.8) is 0 Å². The summed E-state index contributed by atoms with van der Waals surface area (Å²) in [6.07, 6.45) is 0. The highest BCUT2D eigenvalue weighted by atomic mass is 32.2. The molecule has 9 nitrogen and oxygen atoms in total. The van der Waals surface area contributed by atoms with Crippen LogP contribution >= 0.6 is 0 Å². The molecule has 3 N–H and O–H groups in total. The molecule has 1 heterocycles. The molecular formula is C20H18FN3O6S. The summed E-state index contributed by atoms with van der Waals surface area (Å²) in [5.74, 6) is -1.75. The topological polar surface area (TPSA) is 127 Å². The Morgan fingerprint density at radius 2 is 1.77 bits per heavy atom. The van der Waals surface area contributed by atoms with E-state index in [0.717, 1.165) is 12.1 Å². The fraction of sp³-hybridized carbons (Fsp3) is 0.100. The van der Waals surface area contributed by atoms with Gasteiger partial charge in [-0.25, -0.2) is 17.5 Å². The smallest absolute Gasteiger partial charge is 0.291 e. The van der Waals surface area contributed by atoms with Gasteiger partial charge in [-0.1, -0.05) is 6.07 Å². The van der Waals surface area contributed by atoms with Crippen LogP contribution in [0.5, 0.6) is 5.75 Å². The summed E-state index contributed by atoms with van der Waals surface area (Å²) in [6, 6.07) is 12.0. The van der Waals surface area contributed by atoms with Gasteiger partial charge in [0, 0.05) is 11.3 Å². The summed E-state index contributed by atoms with van der Waals surface area (Å²) < 4.78 is 49.2. The van der Waals surface area contributed by atoms with Crippen molar-refractivity contribution in [2.75, 3.05) is 24.8 Å². The third-order valence-corrected chi connectivity index (χ3v) is 5.42. The lowest BCUT2D eigenvalue weighted by Crippen LogP contribution is -2.18. The van der Waals surface area contributed by atoms with E-state index < -0.39 is 32.7 Å². The van der Waals surface area contributed by atoms with Crippen molar-refractivity contribution in [2.24, 2.45) is 0 Å². The summed E-state index contributed by atoms with van der Waals surface area (Å²) in [4.78, 5) is 24.8. The first kappa shape index (κ1) is 22.0. The predicted octanol–water partition coefficient (Wildman–Crippen LogP) is 2.84. The molecule has 0 aliphatic carbocycles. The van der Waals surface area contributed by atoms with Crippen molar-refractivity contribution in [1.29, 1.82) is 0 Å². The van der Waals surface area contributed by atoms with Crippen LogP contribution in [0.4, 0.5) is 15.8 Å². The third kappa shape index (κ3) is 5.08. The minimum atomic E-state index is -3.83. The van der Waals surface area contributed by atoms with E-state index in [0.29, 0.717) is 5.75 Å². The van der Waals surface area contributed by atoms with Crippen LogP contribution in [0.1, 0.15) is 20.9 Å². The van der Waals surface area contributed by atoms with Crippen molar-refractivity contribution < 1.29 is 31.6 Å². The number of carbonyl (C=O) groups excluding carboxylic acids is 2. The Morgan fingerprint density at radius 3 is 2.45 bits per heavy atom. The quantitative estimate of drug-likeness (QED) is 0.511. The van der Waals surface area contributed by atoms with Crippen molar-refractivity contribution >= 4 is 33.2 Å². The molecule has 0 fully saturated rings. The highest BCUT2D eigenvalue weighted by Gasteiger charge is 2.20. The molecule has 162 valence electrons. The second-order valence-electron chi connectivity index (χ2n) is 6.16. The summed E-state index contributed by atoms with van der Waals surface area (Å²) in [5, 5.41) is 4.73. The molecule has 0 unspecified atom stereocenters. The van der Waals surface area contributed by atoms with Crippen molar-refractivity contribution in [3.05, 3.63) is 71.7 Å². The average molecular weight is 447 g/mol. The first-order chi connectivity index (χ1) is 14.7. The first-order valence-electron chi connectivity index (χ1n) is 8.83. The minimum absolute atomic E-state index is 0.102. The highest BCUT2D eigenvalue weighted by molar-refractivity contribution is 7.89. The van der Waals surface area contributed by atoms with E-state index in [4.69, 9.17) is 9.15 Å². The number of nitrogens with one attached hydrogen (secondary N) is 3. The zero-order valence-corrected chi connectivity index (χ0v) is 17.2. The number of hydrogen-bond acceptors (Lipinski definition) is 6. The van der Waals surface area contributed by atoms with Crippen molar-refractivity contribution in [2.45, 2.75) is 5.09 Å². The number of hydrogen-bond donors (Lipinski definition) is 3. The maximum absolute atomic E-state index is 13.4. The summed E-state index contributed by atoms with van der Waals surface area (Å²) in [6.45, 7) is 0.